The fraction of sp³-hybridized carbons (Fsp3) is 0.179. The van der Waals surface area contributed by atoms with Crippen LogP contribution in [-0.2, 0) is 11.2 Å². The number of aromatic nitrogens is 4. The SMILES string of the molecule is O=C(CSc1nnc(-c2c[nH]c3ccccc23)n1-c1ccccc1)NC1CCCc2ccccc21. The standard InChI is InChI=1S/C28H25N5OS/c34-26(30-25-16-8-10-19-9-4-5-13-21(19)25)18-35-28-32-31-27(33(28)20-11-2-1-3-12-20)23-17-29-24-15-7-6-14-22(23)24/h1-7,9,11-15,17,25,29H,8,10,16,18H2,(H,30,34). The second-order valence-corrected chi connectivity index (χ2v) is 9.67. The first-order valence-electron chi connectivity index (χ1n) is 11.9. The number of fused-ring (bicyclic) bond motifs is 2. The van der Waals surface area contributed by atoms with Crippen LogP contribution >= 0.6 is 11.8 Å². The van der Waals surface area contributed by atoms with Gasteiger partial charge in [-0.25, -0.2) is 0 Å². The van der Waals surface area contributed by atoms with E-state index in [1.54, 1.807) is 0 Å². The first-order chi connectivity index (χ1) is 17.3. The van der Waals surface area contributed by atoms with Gasteiger partial charge in [-0.3, -0.25) is 9.36 Å². The summed E-state index contributed by atoms with van der Waals surface area (Å²) in [5.74, 6) is 1.03. The number of carbonyl (C=O) groups is 1. The van der Waals surface area contributed by atoms with Gasteiger partial charge in [-0.2, -0.15) is 0 Å². The quantitative estimate of drug-likeness (QED) is 0.306. The van der Waals surface area contributed by atoms with E-state index >= 15 is 0 Å². The Hall–Kier alpha value is -3.84. The Bertz CT molecular complexity index is 1490. The molecule has 0 aliphatic heterocycles. The molecule has 174 valence electrons. The molecule has 6 rings (SSSR count). The van der Waals surface area contributed by atoms with E-state index in [-0.39, 0.29) is 17.7 Å². The van der Waals surface area contributed by atoms with Crippen LogP contribution in [0.15, 0.2) is 90.2 Å². The first-order valence-corrected chi connectivity index (χ1v) is 12.8. The van der Waals surface area contributed by atoms with Crippen LogP contribution in [0.1, 0.15) is 30.0 Å². The van der Waals surface area contributed by atoms with Crippen LogP contribution in [0.25, 0.3) is 28.0 Å². The number of carbonyl (C=O) groups excluding carboxylic acids is 1. The van der Waals surface area contributed by atoms with Gasteiger partial charge in [-0.1, -0.05) is 72.4 Å². The maximum atomic E-state index is 13.0. The molecule has 1 amide bonds. The molecule has 0 spiro atoms. The van der Waals surface area contributed by atoms with Crippen molar-refractivity contribution in [2.24, 2.45) is 0 Å². The highest BCUT2D eigenvalue weighted by molar-refractivity contribution is 7.99. The molecule has 1 aliphatic carbocycles. The Kier molecular flexibility index (Phi) is 5.84. The zero-order valence-corrected chi connectivity index (χ0v) is 20.0. The van der Waals surface area contributed by atoms with Crippen molar-refractivity contribution in [2.75, 3.05) is 5.75 Å². The monoisotopic (exact) mass is 479 g/mol. The summed E-state index contributed by atoms with van der Waals surface area (Å²) >= 11 is 1.41. The van der Waals surface area contributed by atoms with E-state index in [1.165, 1.54) is 22.9 Å². The summed E-state index contributed by atoms with van der Waals surface area (Å²) in [6.45, 7) is 0. The van der Waals surface area contributed by atoms with Crippen LogP contribution in [0.4, 0.5) is 0 Å². The van der Waals surface area contributed by atoms with Crippen molar-refractivity contribution in [2.45, 2.75) is 30.5 Å². The molecule has 7 heteroatoms. The third-order valence-corrected chi connectivity index (χ3v) is 7.44. The molecule has 0 saturated heterocycles. The van der Waals surface area contributed by atoms with Gasteiger partial charge in [0.2, 0.25) is 5.91 Å². The number of thioether (sulfide) groups is 1. The van der Waals surface area contributed by atoms with Crippen LogP contribution in [0.5, 0.6) is 0 Å². The number of aromatic amines is 1. The van der Waals surface area contributed by atoms with Crippen LogP contribution in [0.2, 0.25) is 0 Å². The lowest BCUT2D eigenvalue weighted by molar-refractivity contribution is -0.119. The van der Waals surface area contributed by atoms with Gasteiger partial charge in [0, 0.05) is 28.4 Å². The number of hydrogen-bond acceptors (Lipinski definition) is 4. The van der Waals surface area contributed by atoms with Crippen LogP contribution in [0, 0.1) is 0 Å². The molecule has 6 nitrogen and oxygen atoms in total. The minimum absolute atomic E-state index is 0.00737. The number of nitrogens with zero attached hydrogens (tertiary/aromatic N) is 3. The average Bonchev–Trinajstić information content (AvgIpc) is 3.52. The number of nitrogens with one attached hydrogen (secondary N) is 2. The van der Waals surface area contributed by atoms with E-state index in [0.717, 1.165) is 47.2 Å². The van der Waals surface area contributed by atoms with Crippen molar-refractivity contribution in [1.29, 1.82) is 0 Å². The van der Waals surface area contributed by atoms with E-state index < -0.39 is 0 Å². The molecule has 1 atom stereocenters. The number of aryl methyl sites for hydroxylation is 1. The molecule has 1 aliphatic rings. The number of amides is 1. The summed E-state index contributed by atoms with van der Waals surface area (Å²) in [5, 5.41) is 14.1. The summed E-state index contributed by atoms with van der Waals surface area (Å²) in [6, 6.07) is 26.7. The van der Waals surface area contributed by atoms with Crippen LogP contribution in [0.3, 0.4) is 0 Å². The van der Waals surface area contributed by atoms with E-state index in [0.29, 0.717) is 5.16 Å². The number of benzene rings is 3. The van der Waals surface area contributed by atoms with Crippen molar-refractivity contribution < 1.29 is 4.79 Å². The molecular weight excluding hydrogens is 454 g/mol. The highest BCUT2D eigenvalue weighted by Crippen LogP contribution is 2.33. The van der Waals surface area contributed by atoms with Crippen LogP contribution < -0.4 is 5.32 Å². The highest BCUT2D eigenvalue weighted by Gasteiger charge is 2.23. The summed E-state index contributed by atoms with van der Waals surface area (Å²) in [5.41, 5.74) is 5.57. The number of H-pyrrole nitrogens is 1. The minimum Gasteiger partial charge on any atom is -0.360 e. The average molecular weight is 480 g/mol. The highest BCUT2D eigenvalue weighted by atomic mass is 32.2. The predicted octanol–water partition coefficient (Wildman–Crippen LogP) is 5.70. The summed E-state index contributed by atoms with van der Waals surface area (Å²) in [7, 11) is 0. The summed E-state index contributed by atoms with van der Waals surface area (Å²) in [6.07, 6.45) is 5.10. The second-order valence-electron chi connectivity index (χ2n) is 8.72. The Morgan fingerprint density at radius 3 is 2.71 bits per heavy atom. The van der Waals surface area contributed by atoms with Gasteiger partial charge < -0.3 is 10.3 Å². The van der Waals surface area contributed by atoms with Crippen molar-refractivity contribution in [1.82, 2.24) is 25.1 Å². The van der Waals surface area contributed by atoms with E-state index in [9.17, 15) is 4.79 Å². The Morgan fingerprint density at radius 1 is 1.00 bits per heavy atom. The zero-order valence-electron chi connectivity index (χ0n) is 19.1. The fourth-order valence-corrected chi connectivity index (χ4v) is 5.64. The molecule has 35 heavy (non-hydrogen) atoms. The topological polar surface area (TPSA) is 75.6 Å². The van der Waals surface area contributed by atoms with E-state index in [2.05, 4.69) is 44.8 Å². The van der Waals surface area contributed by atoms with Gasteiger partial charge in [0.15, 0.2) is 11.0 Å². The normalized spacial score (nSPS) is 15.1. The molecule has 2 N–H and O–H groups in total. The lowest BCUT2D eigenvalue weighted by Gasteiger charge is -2.26. The molecule has 1 unspecified atom stereocenters. The van der Waals surface area contributed by atoms with Gasteiger partial charge in [0.25, 0.3) is 0 Å². The van der Waals surface area contributed by atoms with Crippen LogP contribution in [-0.4, -0.2) is 31.4 Å². The predicted molar refractivity (Wildman–Crippen MR) is 140 cm³/mol. The number of rotatable bonds is 6. The van der Waals surface area contributed by atoms with Crippen molar-refractivity contribution in [3.8, 4) is 17.1 Å². The van der Waals surface area contributed by atoms with Crippen molar-refractivity contribution >= 4 is 28.6 Å². The van der Waals surface area contributed by atoms with Gasteiger partial charge in [-0.05, 0) is 48.6 Å². The van der Waals surface area contributed by atoms with E-state index in [4.69, 9.17) is 0 Å². The lowest BCUT2D eigenvalue weighted by atomic mass is 9.88. The van der Waals surface area contributed by atoms with Gasteiger partial charge in [0.1, 0.15) is 0 Å². The third-order valence-electron chi connectivity index (χ3n) is 6.51. The number of hydrogen-bond donors (Lipinski definition) is 2. The largest absolute Gasteiger partial charge is 0.360 e. The lowest BCUT2D eigenvalue weighted by Crippen LogP contribution is -2.32. The molecule has 0 bridgehead atoms. The Balaban J connectivity index is 1.27. The second kappa shape index (κ2) is 9.43. The molecule has 2 aromatic heterocycles. The Morgan fingerprint density at radius 2 is 1.80 bits per heavy atom. The van der Waals surface area contributed by atoms with E-state index in [1.807, 2.05) is 65.4 Å². The molecule has 5 aromatic rings. The maximum absolute atomic E-state index is 13.0. The van der Waals surface area contributed by atoms with Crippen molar-refractivity contribution in [3.63, 3.8) is 0 Å². The zero-order chi connectivity index (χ0) is 23.6. The molecule has 2 heterocycles. The van der Waals surface area contributed by atoms with Crippen molar-refractivity contribution in [3.05, 3.63) is 96.2 Å². The smallest absolute Gasteiger partial charge is 0.230 e. The number of para-hydroxylation sites is 2. The van der Waals surface area contributed by atoms with Gasteiger partial charge in [-0.15, -0.1) is 10.2 Å². The molecule has 0 fully saturated rings. The summed E-state index contributed by atoms with van der Waals surface area (Å²) < 4.78 is 2.03. The fourth-order valence-electron chi connectivity index (χ4n) is 4.87. The van der Waals surface area contributed by atoms with Gasteiger partial charge >= 0.3 is 0 Å². The third kappa shape index (κ3) is 4.23. The summed E-state index contributed by atoms with van der Waals surface area (Å²) in [4.78, 5) is 16.3. The molecule has 0 saturated carbocycles. The first kappa shape index (κ1) is 21.7. The van der Waals surface area contributed by atoms with Gasteiger partial charge in [0.05, 0.1) is 11.8 Å². The Labute approximate surface area is 207 Å². The minimum atomic E-state index is 0.00737. The maximum Gasteiger partial charge on any atom is 0.230 e. The molecule has 3 aromatic carbocycles. The molecular formula is C28H25N5OS. The molecule has 0 radical (unpaired) electrons.